The second-order valence-electron chi connectivity index (χ2n) is 3.80. The van der Waals surface area contributed by atoms with Crippen molar-refractivity contribution in [3.8, 4) is 6.07 Å². The summed E-state index contributed by atoms with van der Waals surface area (Å²) in [5.41, 5.74) is -0.395. The zero-order valence-corrected chi connectivity index (χ0v) is 10.5. The highest BCUT2D eigenvalue weighted by atomic mass is 32.2. The molecule has 0 fully saturated rings. The van der Waals surface area contributed by atoms with E-state index < -0.39 is 5.54 Å². The molecule has 0 aromatic carbocycles. The Labute approximate surface area is 100 Å². The van der Waals surface area contributed by atoms with Crippen LogP contribution in [0, 0.1) is 11.3 Å². The molecule has 1 N–H and O–H groups in total. The van der Waals surface area contributed by atoms with Gasteiger partial charge in [0, 0.05) is 5.75 Å². The van der Waals surface area contributed by atoms with E-state index in [4.69, 9.17) is 9.68 Å². The van der Waals surface area contributed by atoms with E-state index in [1.165, 1.54) is 0 Å². The number of nitrogens with zero attached hydrogens (tertiary/aromatic N) is 2. The zero-order valence-electron chi connectivity index (χ0n) is 9.69. The van der Waals surface area contributed by atoms with Crippen molar-refractivity contribution in [2.24, 2.45) is 0 Å². The maximum Gasteiger partial charge on any atom is 0.255 e. The lowest BCUT2D eigenvalue weighted by Gasteiger charge is -2.19. The van der Waals surface area contributed by atoms with Crippen molar-refractivity contribution in [3.63, 3.8) is 0 Å². The summed E-state index contributed by atoms with van der Waals surface area (Å²) in [5, 5.41) is 12.7. The molecular weight excluding hydrogens is 222 g/mol. The van der Waals surface area contributed by atoms with Gasteiger partial charge in [0.05, 0.1) is 12.3 Å². The monoisotopic (exact) mass is 239 g/mol. The predicted octanol–water partition coefficient (Wildman–Crippen LogP) is 2.44. The highest BCUT2D eigenvalue weighted by molar-refractivity contribution is 7.99. The summed E-state index contributed by atoms with van der Waals surface area (Å²) in [6.07, 6.45) is 6.18. The quantitative estimate of drug-likeness (QED) is 0.585. The second-order valence-corrected chi connectivity index (χ2v) is 4.84. The van der Waals surface area contributed by atoms with Crippen LogP contribution in [-0.4, -0.2) is 23.3 Å². The first-order chi connectivity index (χ1) is 7.70. The Morgan fingerprint density at radius 2 is 2.44 bits per heavy atom. The van der Waals surface area contributed by atoms with E-state index in [1.807, 2.05) is 14.0 Å². The van der Waals surface area contributed by atoms with Crippen LogP contribution in [0.3, 0.4) is 0 Å². The summed E-state index contributed by atoms with van der Waals surface area (Å²) >= 11 is 1.61. The first-order valence-electron chi connectivity index (χ1n) is 5.32. The summed E-state index contributed by atoms with van der Waals surface area (Å²) in [6.45, 7) is 1.92. The highest BCUT2D eigenvalue weighted by Gasteiger charge is 2.19. The summed E-state index contributed by atoms with van der Waals surface area (Å²) in [6, 6.07) is 2.28. The average Bonchev–Trinajstić information content (AvgIpc) is 2.81. The van der Waals surface area contributed by atoms with E-state index in [0.717, 1.165) is 30.2 Å². The molecule has 16 heavy (non-hydrogen) atoms. The molecule has 1 aromatic heterocycles. The number of thioether (sulfide) groups is 1. The van der Waals surface area contributed by atoms with E-state index in [2.05, 4.69) is 16.4 Å². The fourth-order valence-corrected chi connectivity index (χ4v) is 2.04. The van der Waals surface area contributed by atoms with Crippen LogP contribution >= 0.6 is 11.8 Å². The van der Waals surface area contributed by atoms with Crippen LogP contribution < -0.4 is 5.32 Å². The molecule has 0 aliphatic rings. The lowest BCUT2D eigenvalue weighted by molar-refractivity contribution is 0.437. The van der Waals surface area contributed by atoms with E-state index in [-0.39, 0.29) is 0 Å². The van der Waals surface area contributed by atoms with Gasteiger partial charge < -0.3 is 9.73 Å². The number of hydrogen-bond donors (Lipinski definition) is 1. The third-order valence-corrected chi connectivity index (χ3v) is 3.45. The topological polar surface area (TPSA) is 61.9 Å². The van der Waals surface area contributed by atoms with Crippen LogP contribution in [-0.2, 0) is 0 Å². The number of hydrogen-bond acceptors (Lipinski definition) is 5. The molecule has 1 atom stereocenters. The van der Waals surface area contributed by atoms with Crippen molar-refractivity contribution in [1.29, 1.82) is 5.26 Å². The van der Waals surface area contributed by atoms with Gasteiger partial charge in [0.2, 0.25) is 0 Å². The van der Waals surface area contributed by atoms with Gasteiger partial charge in [0.15, 0.2) is 0 Å². The molecular formula is C11H17N3OS. The molecule has 1 rings (SSSR count). The Morgan fingerprint density at radius 3 is 3.00 bits per heavy atom. The Hall–Kier alpha value is -0.990. The molecule has 0 amide bonds. The highest BCUT2D eigenvalue weighted by Crippen LogP contribution is 2.19. The number of nitrogens with one attached hydrogen (secondary N) is 1. The van der Waals surface area contributed by atoms with Crippen molar-refractivity contribution in [2.45, 2.75) is 36.9 Å². The third kappa shape index (κ3) is 4.25. The molecule has 5 heteroatoms. The van der Waals surface area contributed by atoms with Crippen molar-refractivity contribution >= 4 is 11.8 Å². The number of unbranched alkanes of at least 4 members (excludes halogenated alkanes) is 1. The fourth-order valence-electron chi connectivity index (χ4n) is 1.26. The maximum atomic E-state index is 8.95. The summed E-state index contributed by atoms with van der Waals surface area (Å²) in [5.74, 6) is 0.978. The fraction of sp³-hybridized carbons (Fsp3) is 0.636. The minimum absolute atomic E-state index is 0.395. The van der Waals surface area contributed by atoms with Crippen LogP contribution in [0.15, 0.2) is 22.1 Å². The Balaban J connectivity index is 2.11. The molecule has 0 radical (unpaired) electrons. The minimum atomic E-state index is -0.395. The van der Waals surface area contributed by atoms with Crippen molar-refractivity contribution < 1.29 is 4.42 Å². The van der Waals surface area contributed by atoms with Crippen molar-refractivity contribution in [1.82, 2.24) is 10.3 Å². The SMILES string of the molecule is CNC(C)(C#N)CCCCSc1ncco1. The van der Waals surface area contributed by atoms with Gasteiger partial charge >= 0.3 is 0 Å². The summed E-state index contributed by atoms with van der Waals surface area (Å²) < 4.78 is 5.11. The first kappa shape index (κ1) is 13.1. The van der Waals surface area contributed by atoms with Gasteiger partial charge in [-0.05, 0) is 33.2 Å². The van der Waals surface area contributed by atoms with Gasteiger partial charge in [-0.15, -0.1) is 0 Å². The normalized spacial score (nSPS) is 14.3. The summed E-state index contributed by atoms with van der Waals surface area (Å²) in [7, 11) is 1.82. The molecule has 0 aliphatic carbocycles. The third-order valence-electron chi connectivity index (χ3n) is 2.50. The van der Waals surface area contributed by atoms with Crippen LogP contribution in [0.25, 0.3) is 0 Å². The van der Waals surface area contributed by atoms with Crippen LogP contribution in [0.4, 0.5) is 0 Å². The van der Waals surface area contributed by atoms with Crippen LogP contribution in [0.1, 0.15) is 26.2 Å². The van der Waals surface area contributed by atoms with E-state index >= 15 is 0 Å². The molecule has 1 aromatic rings. The standard InChI is InChI=1S/C11H17N3OS/c1-11(9-12,13-2)5-3-4-8-16-10-14-6-7-15-10/h6-7,13H,3-5,8H2,1-2H3. The lowest BCUT2D eigenvalue weighted by atomic mass is 9.97. The maximum absolute atomic E-state index is 8.95. The minimum Gasteiger partial charge on any atom is -0.440 e. The molecule has 0 bridgehead atoms. The van der Waals surface area contributed by atoms with Crippen LogP contribution in [0.5, 0.6) is 0 Å². The lowest BCUT2D eigenvalue weighted by Crippen LogP contribution is -2.37. The Morgan fingerprint density at radius 1 is 1.62 bits per heavy atom. The first-order valence-corrected chi connectivity index (χ1v) is 6.31. The molecule has 0 spiro atoms. The number of rotatable bonds is 7. The number of aromatic nitrogens is 1. The average molecular weight is 239 g/mol. The van der Waals surface area contributed by atoms with Crippen molar-refractivity contribution in [3.05, 3.63) is 12.5 Å². The van der Waals surface area contributed by atoms with Gasteiger partial charge in [-0.1, -0.05) is 11.8 Å². The molecule has 1 heterocycles. The molecule has 88 valence electrons. The Bertz CT molecular complexity index is 333. The zero-order chi connectivity index (χ0) is 11.9. The molecule has 4 nitrogen and oxygen atoms in total. The number of oxazole rings is 1. The van der Waals surface area contributed by atoms with Crippen molar-refractivity contribution in [2.75, 3.05) is 12.8 Å². The predicted molar refractivity (Wildman–Crippen MR) is 64.2 cm³/mol. The van der Waals surface area contributed by atoms with Gasteiger partial charge in [-0.3, -0.25) is 0 Å². The molecule has 0 aliphatic heterocycles. The molecule has 0 saturated carbocycles. The van der Waals surface area contributed by atoms with Gasteiger partial charge in [0.1, 0.15) is 11.8 Å². The van der Waals surface area contributed by atoms with Gasteiger partial charge in [-0.25, -0.2) is 4.98 Å². The summed E-state index contributed by atoms with van der Waals surface area (Å²) in [4.78, 5) is 4.03. The Kier molecular flexibility index (Phi) is 5.36. The number of nitriles is 1. The largest absolute Gasteiger partial charge is 0.440 e. The van der Waals surface area contributed by atoms with E-state index in [9.17, 15) is 0 Å². The van der Waals surface area contributed by atoms with E-state index in [1.54, 1.807) is 24.2 Å². The molecule has 0 saturated heterocycles. The molecule has 1 unspecified atom stereocenters. The van der Waals surface area contributed by atoms with E-state index in [0.29, 0.717) is 0 Å². The smallest absolute Gasteiger partial charge is 0.255 e. The second kappa shape index (κ2) is 6.56. The van der Waals surface area contributed by atoms with Gasteiger partial charge in [0.25, 0.3) is 5.22 Å². The van der Waals surface area contributed by atoms with Gasteiger partial charge in [-0.2, -0.15) is 5.26 Å². The van der Waals surface area contributed by atoms with Crippen LogP contribution in [0.2, 0.25) is 0 Å².